The molecule has 0 aliphatic heterocycles. The molecule has 0 N–H and O–H groups in total. The molecule has 0 radical (unpaired) electrons. The summed E-state index contributed by atoms with van der Waals surface area (Å²) in [6, 6.07) is 137. The molecule has 0 amide bonds. The Morgan fingerprint density at radius 2 is 0.571 bits per heavy atom. The van der Waals surface area contributed by atoms with Crippen molar-refractivity contribution in [2.75, 3.05) is 0 Å². The predicted molar refractivity (Wildman–Crippen MR) is 485 cm³/mol. The smallest absolute Gasteiger partial charge is 0.187 e. The summed E-state index contributed by atoms with van der Waals surface area (Å²) in [5, 5.41) is 19.3. The van der Waals surface area contributed by atoms with Gasteiger partial charge >= 0.3 is 0 Å². The first-order valence-electron chi connectivity index (χ1n) is 39.7. The summed E-state index contributed by atoms with van der Waals surface area (Å²) in [6.45, 7) is 7.52. The minimum atomic E-state index is 0.540. The molecule has 2 aliphatic carbocycles. The average Bonchev–Trinajstić information content (AvgIpc) is 1.57. The number of para-hydroxylation sites is 2. The van der Waals surface area contributed by atoms with Gasteiger partial charge in [0.15, 0.2) is 40.6 Å². The second-order valence-corrected chi connectivity index (χ2v) is 30.0. The quantitative estimate of drug-likeness (QED) is 0.111. The van der Waals surface area contributed by atoms with Crippen LogP contribution in [0, 0.1) is 17.9 Å². The number of furan rings is 1. The van der Waals surface area contributed by atoms with Crippen LogP contribution in [0.2, 0.25) is 0 Å². The molecular weight excluding hydrogens is 1450 g/mol. The molecule has 0 bridgehead atoms. The van der Waals surface area contributed by atoms with E-state index in [0.717, 1.165) is 133 Å². The number of fused-ring (bicyclic) bond motifs is 10. The van der Waals surface area contributed by atoms with Gasteiger partial charge in [0.1, 0.15) is 11.2 Å². The number of nitriles is 1. The van der Waals surface area contributed by atoms with Gasteiger partial charge in [-0.3, -0.25) is 0 Å². The zero-order valence-corrected chi connectivity index (χ0v) is 63.9. The van der Waals surface area contributed by atoms with Gasteiger partial charge in [0.2, 0.25) is 0 Å². The zero-order chi connectivity index (χ0) is 79.0. The van der Waals surface area contributed by atoms with E-state index in [-0.39, 0.29) is 0 Å². The number of rotatable bonds is 12. The number of nitrogens with zero attached hydrogens (tertiary/aromatic N) is 8. The van der Waals surface area contributed by atoms with Crippen molar-refractivity contribution in [3.05, 3.63) is 405 Å². The fourth-order valence-corrected chi connectivity index (χ4v) is 17.8. The van der Waals surface area contributed by atoms with E-state index in [0.29, 0.717) is 46.2 Å². The van der Waals surface area contributed by atoms with Crippen molar-refractivity contribution in [1.29, 1.82) is 5.26 Å². The largest absolute Gasteiger partial charge is 0.455 e. The van der Waals surface area contributed by atoms with Crippen LogP contribution in [0.1, 0.15) is 5.56 Å². The number of hydrogen-bond acceptors (Lipinski definition) is 8. The Labute approximate surface area is 686 Å². The average molecular weight is 1510 g/mol. The van der Waals surface area contributed by atoms with Crippen LogP contribution in [0.25, 0.3) is 239 Å². The van der Waals surface area contributed by atoms with E-state index in [4.69, 9.17) is 40.9 Å². The molecule has 0 atom stereocenters. The van der Waals surface area contributed by atoms with E-state index in [9.17, 15) is 5.26 Å². The third kappa shape index (κ3) is 11.9. The molecule has 550 valence electrons. The summed E-state index contributed by atoms with van der Waals surface area (Å²) in [7, 11) is 0. The van der Waals surface area contributed by atoms with Crippen LogP contribution in [-0.4, -0.2) is 29.9 Å². The maximum atomic E-state index is 10.2. The van der Waals surface area contributed by atoms with E-state index in [2.05, 4.69) is 284 Å². The molecule has 9 heteroatoms. The Morgan fingerprint density at radius 3 is 1.10 bits per heavy atom. The first-order chi connectivity index (χ1) is 58.9. The minimum Gasteiger partial charge on any atom is -0.455 e. The van der Waals surface area contributed by atoms with Gasteiger partial charge in [-0.1, -0.05) is 358 Å². The van der Waals surface area contributed by atoms with Gasteiger partial charge in [-0.05, 0) is 168 Å². The molecule has 0 unspecified atom stereocenters. The molecular formula is C110H64N8O. The summed E-state index contributed by atoms with van der Waals surface area (Å²) in [5.74, 6) is 3.55. The summed E-state index contributed by atoms with van der Waals surface area (Å²) < 4.78 is 6.48. The van der Waals surface area contributed by atoms with Gasteiger partial charge in [-0.25, -0.2) is 34.7 Å². The van der Waals surface area contributed by atoms with Gasteiger partial charge in [0, 0.05) is 44.2 Å². The normalized spacial score (nSPS) is 11.5. The molecule has 0 spiro atoms. The van der Waals surface area contributed by atoms with Crippen LogP contribution in [0.4, 0.5) is 5.69 Å². The van der Waals surface area contributed by atoms with Crippen molar-refractivity contribution in [2.45, 2.75) is 0 Å². The molecule has 18 aromatic carbocycles. The van der Waals surface area contributed by atoms with Crippen molar-refractivity contribution in [3.63, 3.8) is 0 Å². The maximum absolute atomic E-state index is 10.2. The highest BCUT2D eigenvalue weighted by atomic mass is 16.3. The first-order valence-corrected chi connectivity index (χ1v) is 39.7. The number of aromatic nitrogens is 6. The Morgan fingerprint density at radius 1 is 0.227 bits per heavy atom. The standard InChI is InChI=1S/C56H32N4O.C54H32N4/c57-33-37-16-4-5-19-38(37)40-20-6-7-21-41(40)45-30-31-47-43-23-9-8-22-42(43)46-29-28-39(51(45)52(46)47)35-17-12-18-36(32-35)55-58-54(34-14-2-1-3-15-34)59-56(60-55)49-26-13-25-48-44-24-10-11-27-50(44)61-53(48)49;1-55-39-27-25-35(26-28-39)40-17-7-8-18-41(40)45-29-30-46-42-19-9-10-20-43(42)47-31-32-48(50(45)51(46)47)44-21-11-12-22-49(44)54-57-52(36-14-3-2-4-15-36)56-53(58-54)38-24-23-34-13-5-6-16-37(34)33-38/h1-32H;2-33H. The molecule has 0 fully saturated rings. The van der Waals surface area contributed by atoms with Crippen LogP contribution in [0.5, 0.6) is 0 Å². The fourth-order valence-electron chi connectivity index (χ4n) is 17.8. The third-order valence-corrected chi connectivity index (χ3v) is 23.3. The Hall–Kier alpha value is -16.5. The maximum Gasteiger partial charge on any atom is 0.187 e. The lowest BCUT2D eigenvalue weighted by Crippen LogP contribution is -2.01. The molecule has 21 aromatic rings. The van der Waals surface area contributed by atoms with Crippen molar-refractivity contribution in [1.82, 2.24) is 29.9 Å². The molecule has 119 heavy (non-hydrogen) atoms. The molecule has 9 nitrogen and oxygen atoms in total. The molecule has 3 heterocycles. The Balaban J connectivity index is 0.000000143. The van der Waals surface area contributed by atoms with Crippen molar-refractivity contribution in [3.8, 4) is 186 Å². The lowest BCUT2D eigenvalue weighted by Gasteiger charge is -2.19. The summed E-state index contributed by atoms with van der Waals surface area (Å²) in [4.78, 5) is 34.6. The van der Waals surface area contributed by atoms with Crippen molar-refractivity contribution >= 4 is 59.9 Å². The van der Waals surface area contributed by atoms with Crippen LogP contribution in [0.3, 0.4) is 0 Å². The number of hydrogen-bond donors (Lipinski definition) is 0. The van der Waals surface area contributed by atoms with Crippen LogP contribution in [-0.2, 0) is 0 Å². The number of benzene rings is 18. The highest BCUT2D eigenvalue weighted by molar-refractivity contribution is 6.25. The van der Waals surface area contributed by atoms with E-state index in [1.165, 1.54) is 66.1 Å². The topological polar surface area (TPSA) is 119 Å². The molecule has 0 saturated carbocycles. The van der Waals surface area contributed by atoms with Gasteiger partial charge < -0.3 is 4.42 Å². The second-order valence-electron chi connectivity index (χ2n) is 30.0. The highest BCUT2D eigenvalue weighted by Gasteiger charge is 2.30. The SMILES string of the molecule is N#Cc1ccccc1-c1ccccc1-c1ccc2c3c(ccc(-c4cccc(-c5nc(-c6ccccc6)nc(-c6cccc7c6oc6ccccc67)n5)c4)c13)-c1ccccc1-2.[C-]#[N+]c1ccc(-c2ccccc2-c2ccc3c4c(ccc(-c5ccccc5-c5nc(-c6ccccc6)nc(-c6ccc7ccccc7c6)n5)c24)-c2ccccc2-3)cc1. The highest BCUT2D eigenvalue weighted by Crippen LogP contribution is 2.56. The summed E-state index contributed by atoms with van der Waals surface area (Å²) in [5.41, 5.74) is 30.8. The van der Waals surface area contributed by atoms with Crippen LogP contribution < -0.4 is 0 Å². The Kier molecular flexibility index (Phi) is 16.8. The molecule has 3 aromatic heterocycles. The predicted octanol–water partition coefficient (Wildman–Crippen LogP) is 28.8. The summed E-state index contributed by atoms with van der Waals surface area (Å²) in [6.07, 6.45) is 0. The summed E-state index contributed by atoms with van der Waals surface area (Å²) >= 11 is 0. The van der Waals surface area contributed by atoms with Gasteiger partial charge in [-0.15, -0.1) is 0 Å². The second kappa shape index (κ2) is 28.9. The van der Waals surface area contributed by atoms with Crippen molar-refractivity contribution < 1.29 is 4.42 Å². The molecule has 2 aliphatic rings. The molecule has 23 rings (SSSR count). The third-order valence-electron chi connectivity index (χ3n) is 23.3. The van der Waals surface area contributed by atoms with E-state index >= 15 is 0 Å². The zero-order valence-electron chi connectivity index (χ0n) is 63.9. The lowest BCUT2D eigenvalue weighted by molar-refractivity contribution is 0.669. The molecule has 0 saturated heterocycles. The lowest BCUT2D eigenvalue weighted by atomic mass is 9.85. The monoisotopic (exact) mass is 1510 g/mol. The first kappa shape index (κ1) is 69.3. The van der Waals surface area contributed by atoms with E-state index in [1.54, 1.807) is 0 Å². The van der Waals surface area contributed by atoms with Gasteiger partial charge in [-0.2, -0.15) is 5.26 Å². The van der Waals surface area contributed by atoms with E-state index in [1.807, 2.05) is 115 Å². The van der Waals surface area contributed by atoms with E-state index < -0.39 is 0 Å². The van der Waals surface area contributed by atoms with Crippen LogP contribution in [0.15, 0.2) is 393 Å². The fraction of sp³-hybridized carbons (Fsp3) is 0. The minimum absolute atomic E-state index is 0.540. The van der Waals surface area contributed by atoms with Crippen LogP contribution >= 0.6 is 0 Å². The Bertz CT molecular complexity index is 7770. The van der Waals surface area contributed by atoms with Crippen molar-refractivity contribution in [2.24, 2.45) is 0 Å². The van der Waals surface area contributed by atoms with Gasteiger partial charge in [0.05, 0.1) is 23.8 Å². The van der Waals surface area contributed by atoms with Gasteiger partial charge in [0.25, 0.3) is 0 Å².